The van der Waals surface area contributed by atoms with Gasteiger partial charge in [-0.1, -0.05) is 0 Å². The highest BCUT2D eigenvalue weighted by Gasteiger charge is 2.18. The molecule has 0 unspecified atom stereocenters. The molecule has 0 bridgehead atoms. The fraction of sp³-hybridized carbons (Fsp3) is 0.400. The van der Waals surface area contributed by atoms with Crippen LogP contribution in [0.2, 0.25) is 0 Å². The molecular formula is C10H13BrN2S2. The Morgan fingerprint density at radius 2 is 1.80 bits per heavy atom. The number of halogens is 1. The molecule has 0 saturated carbocycles. The molecule has 2 heterocycles. The summed E-state index contributed by atoms with van der Waals surface area (Å²) in [5, 5.41) is 2.37. The van der Waals surface area contributed by atoms with Gasteiger partial charge in [0.2, 0.25) is 0 Å². The van der Waals surface area contributed by atoms with E-state index in [2.05, 4.69) is 43.4 Å². The van der Waals surface area contributed by atoms with Crippen molar-refractivity contribution in [2.24, 2.45) is 0 Å². The molecule has 0 spiro atoms. The SMILES string of the molecule is Cc1c[n+](-c2nc(C)c(C)s2)c(C)s1.[Br-]. The highest BCUT2D eigenvalue weighted by molar-refractivity contribution is 7.14. The molecular weight excluding hydrogens is 292 g/mol. The van der Waals surface area contributed by atoms with E-state index in [1.807, 2.05) is 11.3 Å². The molecule has 2 aromatic rings. The zero-order valence-corrected chi connectivity index (χ0v) is 12.4. The van der Waals surface area contributed by atoms with E-state index in [1.165, 1.54) is 14.8 Å². The first-order chi connectivity index (χ1) is 6.58. The second kappa shape index (κ2) is 4.72. The minimum Gasteiger partial charge on any atom is -1.00 e. The zero-order valence-electron chi connectivity index (χ0n) is 9.17. The first-order valence-electron chi connectivity index (χ1n) is 4.51. The molecule has 0 aliphatic heterocycles. The van der Waals surface area contributed by atoms with Crippen molar-refractivity contribution in [3.8, 4) is 5.13 Å². The van der Waals surface area contributed by atoms with E-state index in [-0.39, 0.29) is 17.0 Å². The normalized spacial score (nSPS) is 10.1. The largest absolute Gasteiger partial charge is 1.00 e. The number of aromatic nitrogens is 2. The molecule has 82 valence electrons. The molecule has 15 heavy (non-hydrogen) atoms. The lowest BCUT2D eigenvalue weighted by Crippen LogP contribution is -3.00. The summed E-state index contributed by atoms with van der Waals surface area (Å²) in [7, 11) is 0. The molecule has 0 aliphatic carbocycles. The van der Waals surface area contributed by atoms with Crippen molar-refractivity contribution in [2.75, 3.05) is 0 Å². The van der Waals surface area contributed by atoms with Crippen LogP contribution in [0.4, 0.5) is 0 Å². The third kappa shape index (κ3) is 2.46. The molecule has 0 aliphatic rings. The monoisotopic (exact) mass is 304 g/mol. The van der Waals surface area contributed by atoms with Crippen LogP contribution in [0.15, 0.2) is 6.20 Å². The standard InChI is InChI=1S/C10H13N2S2.BrH/c1-6-5-12(9(4)13-6)10-11-7(2)8(3)14-10;/h5H,1-4H3;1H/q+1;/p-1. The summed E-state index contributed by atoms with van der Waals surface area (Å²) in [4.78, 5) is 7.17. The van der Waals surface area contributed by atoms with Gasteiger partial charge in [-0.3, -0.25) is 0 Å². The van der Waals surface area contributed by atoms with Gasteiger partial charge in [0.1, 0.15) is 6.20 Å². The van der Waals surface area contributed by atoms with Crippen LogP contribution in [0, 0.1) is 27.7 Å². The van der Waals surface area contributed by atoms with Gasteiger partial charge in [-0.2, -0.15) is 4.57 Å². The Morgan fingerprint density at radius 1 is 1.13 bits per heavy atom. The topological polar surface area (TPSA) is 16.8 Å². The maximum Gasteiger partial charge on any atom is 0.388 e. The third-order valence-electron chi connectivity index (χ3n) is 2.18. The summed E-state index contributed by atoms with van der Waals surface area (Å²) < 4.78 is 2.17. The van der Waals surface area contributed by atoms with Crippen molar-refractivity contribution >= 4 is 22.7 Å². The minimum absolute atomic E-state index is 0. The lowest BCUT2D eigenvalue weighted by atomic mass is 10.4. The molecule has 0 saturated heterocycles. The molecule has 2 nitrogen and oxygen atoms in total. The van der Waals surface area contributed by atoms with Crippen LogP contribution >= 0.6 is 22.7 Å². The Bertz CT molecular complexity index is 454. The van der Waals surface area contributed by atoms with Gasteiger partial charge in [-0.25, -0.2) is 0 Å². The molecule has 5 heteroatoms. The van der Waals surface area contributed by atoms with Crippen molar-refractivity contribution in [2.45, 2.75) is 27.7 Å². The number of rotatable bonds is 1. The van der Waals surface area contributed by atoms with Crippen LogP contribution in [-0.4, -0.2) is 4.98 Å². The van der Waals surface area contributed by atoms with Crippen LogP contribution in [0.5, 0.6) is 0 Å². The second-order valence-electron chi connectivity index (χ2n) is 3.37. The van der Waals surface area contributed by atoms with Gasteiger partial charge in [0.15, 0.2) is 10.7 Å². The van der Waals surface area contributed by atoms with E-state index in [0.29, 0.717) is 0 Å². The number of hydrogen-bond acceptors (Lipinski definition) is 3. The van der Waals surface area contributed by atoms with Crippen molar-refractivity contribution < 1.29 is 21.5 Å². The number of nitrogens with zero attached hydrogens (tertiary/aromatic N) is 2. The van der Waals surface area contributed by atoms with Gasteiger partial charge in [0, 0.05) is 18.7 Å². The Kier molecular flexibility index (Phi) is 4.03. The first kappa shape index (κ1) is 12.8. The Hall–Kier alpha value is -0.260. The van der Waals surface area contributed by atoms with Crippen LogP contribution in [-0.2, 0) is 0 Å². The Labute approximate surface area is 108 Å². The summed E-state index contributed by atoms with van der Waals surface area (Å²) in [6.45, 7) is 8.43. The van der Waals surface area contributed by atoms with Crippen LogP contribution in [0.3, 0.4) is 0 Å². The summed E-state index contributed by atoms with van der Waals surface area (Å²) in [6, 6.07) is 0. The van der Waals surface area contributed by atoms with E-state index in [1.54, 1.807) is 11.3 Å². The van der Waals surface area contributed by atoms with Crippen molar-refractivity contribution in [1.29, 1.82) is 0 Å². The minimum atomic E-state index is 0. The van der Waals surface area contributed by atoms with E-state index >= 15 is 0 Å². The van der Waals surface area contributed by atoms with Gasteiger partial charge in [0.25, 0.3) is 0 Å². The van der Waals surface area contributed by atoms with Gasteiger partial charge in [-0.05, 0) is 30.2 Å². The van der Waals surface area contributed by atoms with E-state index < -0.39 is 0 Å². The summed E-state index contributed by atoms with van der Waals surface area (Å²) in [5.41, 5.74) is 1.14. The van der Waals surface area contributed by atoms with Crippen molar-refractivity contribution in [3.05, 3.63) is 26.7 Å². The average Bonchev–Trinajstić information content (AvgIpc) is 2.57. The zero-order chi connectivity index (χ0) is 10.3. The predicted molar refractivity (Wildman–Crippen MR) is 60.5 cm³/mol. The smallest absolute Gasteiger partial charge is 0.388 e. The highest BCUT2D eigenvalue weighted by Crippen LogP contribution is 2.19. The fourth-order valence-electron chi connectivity index (χ4n) is 1.33. The summed E-state index contributed by atoms with van der Waals surface area (Å²) in [6.07, 6.45) is 2.15. The molecule has 0 fully saturated rings. The quantitative estimate of drug-likeness (QED) is 0.662. The van der Waals surface area contributed by atoms with Gasteiger partial charge >= 0.3 is 5.13 Å². The van der Waals surface area contributed by atoms with Gasteiger partial charge in [0.05, 0.1) is 4.88 Å². The average molecular weight is 305 g/mol. The molecule has 2 rings (SSSR count). The predicted octanol–water partition coefficient (Wildman–Crippen LogP) is -0.281. The van der Waals surface area contributed by atoms with Crippen LogP contribution in [0.1, 0.15) is 20.5 Å². The fourth-order valence-corrected chi connectivity index (χ4v) is 3.19. The van der Waals surface area contributed by atoms with Crippen LogP contribution < -0.4 is 21.5 Å². The summed E-state index contributed by atoms with van der Waals surface area (Å²) >= 11 is 3.56. The molecule has 0 amide bonds. The molecule has 0 radical (unpaired) electrons. The van der Waals surface area contributed by atoms with Gasteiger partial charge in [-0.15, -0.1) is 11.3 Å². The maximum atomic E-state index is 4.54. The lowest BCUT2D eigenvalue weighted by Gasteiger charge is -1.86. The molecule has 0 aromatic carbocycles. The maximum absolute atomic E-state index is 4.54. The highest BCUT2D eigenvalue weighted by atomic mass is 79.9. The molecule has 2 aromatic heterocycles. The molecule has 0 N–H and O–H groups in total. The van der Waals surface area contributed by atoms with E-state index in [9.17, 15) is 0 Å². The van der Waals surface area contributed by atoms with E-state index in [0.717, 1.165) is 10.8 Å². The van der Waals surface area contributed by atoms with E-state index in [4.69, 9.17) is 0 Å². The third-order valence-corrected chi connectivity index (χ3v) is 4.17. The lowest BCUT2D eigenvalue weighted by molar-refractivity contribution is -0.596. The van der Waals surface area contributed by atoms with Crippen molar-refractivity contribution in [3.63, 3.8) is 0 Å². The van der Waals surface area contributed by atoms with Crippen LogP contribution in [0.25, 0.3) is 5.13 Å². The Balaban J connectivity index is 0.00000112. The second-order valence-corrected chi connectivity index (χ2v) is 5.99. The molecule has 0 atom stereocenters. The number of hydrogen-bond donors (Lipinski definition) is 0. The van der Waals surface area contributed by atoms with Gasteiger partial charge < -0.3 is 17.0 Å². The number of aryl methyl sites for hydroxylation is 4. The Morgan fingerprint density at radius 3 is 2.20 bits per heavy atom. The summed E-state index contributed by atoms with van der Waals surface area (Å²) in [5.74, 6) is 0. The first-order valence-corrected chi connectivity index (χ1v) is 6.14. The van der Waals surface area contributed by atoms with Crippen molar-refractivity contribution in [1.82, 2.24) is 4.98 Å². The number of thiazole rings is 2.